The van der Waals surface area contributed by atoms with Gasteiger partial charge in [0.2, 0.25) is 0 Å². The van der Waals surface area contributed by atoms with Gasteiger partial charge in [-0.2, -0.15) is 18.2 Å². The van der Waals surface area contributed by atoms with Crippen LogP contribution < -0.4 is 0 Å². The van der Waals surface area contributed by atoms with E-state index in [1.807, 2.05) is 0 Å². The van der Waals surface area contributed by atoms with Crippen molar-refractivity contribution in [3.63, 3.8) is 0 Å². The average Bonchev–Trinajstić information content (AvgIpc) is 2.45. The van der Waals surface area contributed by atoms with Crippen molar-refractivity contribution in [3.8, 4) is 0 Å². The van der Waals surface area contributed by atoms with Gasteiger partial charge in [-0.15, -0.1) is 13.2 Å². The van der Waals surface area contributed by atoms with Gasteiger partial charge in [0.1, 0.15) is 0 Å². The number of nitrogens with zero attached hydrogens (tertiary/aromatic N) is 2. The first-order valence-electron chi connectivity index (χ1n) is 3.63. The molecule has 0 aliphatic carbocycles. The van der Waals surface area contributed by atoms with E-state index in [0.717, 1.165) is 12.5 Å². The van der Waals surface area contributed by atoms with Gasteiger partial charge in [-0.05, 0) is 0 Å². The second-order valence-electron chi connectivity index (χ2n) is 2.73. The van der Waals surface area contributed by atoms with Crippen molar-refractivity contribution >= 4 is 10.1 Å². The summed E-state index contributed by atoms with van der Waals surface area (Å²) in [5, 5.41) is 3.00. The normalized spacial score (nSPS) is 13.1. The number of hydrogen-bond acceptors (Lipinski definition) is 4. The summed E-state index contributed by atoms with van der Waals surface area (Å²) in [6, 6.07) is 0. The van der Waals surface area contributed by atoms with Gasteiger partial charge in [0.25, 0.3) is 10.1 Å². The fraction of sp³-hybridized carbons (Fsp3) is 0.500. The topological polar surface area (TPSA) is 61.2 Å². The number of rotatable bonds is 3. The molecule has 0 N–H and O–H groups in total. The fourth-order valence-electron chi connectivity index (χ4n) is 0.748. The highest BCUT2D eigenvalue weighted by molar-refractivity contribution is 7.85. The van der Waals surface area contributed by atoms with E-state index in [2.05, 4.69) is 9.28 Å². The lowest BCUT2D eigenvalue weighted by Gasteiger charge is -2.03. The first kappa shape index (κ1) is 12.0. The Labute approximate surface area is 83.6 Å². The van der Waals surface area contributed by atoms with E-state index in [1.54, 1.807) is 0 Å². The van der Waals surface area contributed by atoms with Crippen LogP contribution in [-0.4, -0.2) is 24.5 Å². The zero-order valence-corrected chi connectivity index (χ0v) is 8.34. The smallest absolute Gasteiger partial charge is 0.265 e. The number of alkyl halides is 3. The molecule has 0 aromatic carbocycles. The largest absolute Gasteiger partial charge is 0.504 e. The minimum Gasteiger partial charge on any atom is -0.265 e. The summed E-state index contributed by atoms with van der Waals surface area (Å²) in [5.74, 6) is 0. The summed E-state index contributed by atoms with van der Waals surface area (Å²) in [6.07, 6.45) is -2.26. The molecule has 0 radical (unpaired) electrons. The second kappa shape index (κ2) is 3.81. The molecule has 0 unspecified atom stereocenters. The Morgan fingerprint density at radius 2 is 2.13 bits per heavy atom. The molecular weight excluding hydrogens is 237 g/mol. The Balaban J connectivity index is 2.70. The van der Waals surface area contributed by atoms with Crippen LogP contribution in [0.5, 0.6) is 0 Å². The summed E-state index contributed by atoms with van der Waals surface area (Å²) >= 11 is 0. The Kier molecular flexibility index (Phi) is 3.05. The highest BCUT2D eigenvalue weighted by Gasteiger charge is 2.31. The van der Waals surface area contributed by atoms with Gasteiger partial charge >= 0.3 is 6.30 Å². The Morgan fingerprint density at radius 3 is 2.53 bits per heavy atom. The Morgan fingerprint density at radius 1 is 1.53 bits per heavy atom. The minimum absolute atomic E-state index is 0.0257. The monoisotopic (exact) mass is 244 g/mol. The van der Waals surface area contributed by atoms with Gasteiger partial charge in [-0.1, -0.05) is 0 Å². The molecule has 0 amide bonds. The summed E-state index contributed by atoms with van der Waals surface area (Å²) in [6.45, 7) is -0.463. The highest BCUT2D eigenvalue weighted by atomic mass is 32.2. The van der Waals surface area contributed by atoms with E-state index < -0.39 is 23.0 Å². The molecule has 0 aliphatic rings. The van der Waals surface area contributed by atoms with Crippen LogP contribution in [0.2, 0.25) is 0 Å². The first-order chi connectivity index (χ1) is 6.68. The van der Waals surface area contributed by atoms with Gasteiger partial charge in [0, 0.05) is 11.8 Å². The maximum absolute atomic E-state index is 12.0. The van der Waals surface area contributed by atoms with Gasteiger partial charge < -0.3 is 0 Å². The summed E-state index contributed by atoms with van der Waals surface area (Å²) in [4.78, 5) is 0. The third-order valence-corrected chi connectivity index (χ3v) is 1.88. The molecule has 0 spiro atoms. The van der Waals surface area contributed by atoms with Crippen LogP contribution in [0.1, 0.15) is 5.56 Å². The van der Waals surface area contributed by atoms with Crippen molar-refractivity contribution in [2.24, 2.45) is 0 Å². The molecule has 15 heavy (non-hydrogen) atoms. The minimum atomic E-state index is -4.61. The predicted octanol–water partition coefficient (Wildman–Crippen LogP) is 0.836. The third-order valence-electron chi connectivity index (χ3n) is 1.34. The van der Waals surface area contributed by atoms with Crippen molar-refractivity contribution in [2.75, 3.05) is 6.26 Å². The van der Waals surface area contributed by atoms with Crippen LogP contribution in [0.15, 0.2) is 12.4 Å². The summed E-state index contributed by atoms with van der Waals surface area (Å²) in [7, 11) is -3.67. The number of halogens is 3. The maximum atomic E-state index is 12.0. The maximum Gasteiger partial charge on any atom is 0.504 e. The lowest BCUT2D eigenvalue weighted by molar-refractivity contribution is -0.212. The van der Waals surface area contributed by atoms with Crippen LogP contribution in [0.4, 0.5) is 13.2 Å². The van der Waals surface area contributed by atoms with Crippen LogP contribution >= 0.6 is 0 Å². The van der Waals surface area contributed by atoms with E-state index >= 15 is 0 Å². The van der Waals surface area contributed by atoms with E-state index in [0.29, 0.717) is 6.20 Å². The molecule has 0 saturated heterocycles. The molecule has 0 saturated carbocycles. The molecule has 1 aromatic heterocycles. The Bertz CT molecular complexity index is 437. The van der Waals surface area contributed by atoms with Crippen LogP contribution in [-0.2, 0) is 27.2 Å². The van der Waals surface area contributed by atoms with Crippen molar-refractivity contribution in [3.05, 3.63) is 18.0 Å². The lowest BCUT2D eigenvalue weighted by Crippen LogP contribution is -2.16. The average molecular weight is 244 g/mol. The van der Waals surface area contributed by atoms with Gasteiger partial charge in [-0.25, -0.2) is 0 Å². The second-order valence-corrected chi connectivity index (χ2v) is 4.37. The fourth-order valence-corrected chi connectivity index (χ4v) is 1.10. The van der Waals surface area contributed by atoms with Crippen LogP contribution in [0, 0.1) is 0 Å². The van der Waals surface area contributed by atoms with Gasteiger partial charge in [-0.3, -0.25) is 4.18 Å². The van der Waals surface area contributed by atoms with Gasteiger partial charge in [0.05, 0.1) is 19.1 Å². The molecule has 1 aromatic rings. The van der Waals surface area contributed by atoms with Crippen molar-refractivity contribution in [2.45, 2.75) is 12.9 Å². The van der Waals surface area contributed by atoms with Gasteiger partial charge in [0.15, 0.2) is 0 Å². The van der Waals surface area contributed by atoms with Crippen molar-refractivity contribution < 1.29 is 25.8 Å². The molecule has 0 atom stereocenters. The number of hydrogen-bond donors (Lipinski definition) is 0. The van der Waals surface area contributed by atoms with Crippen LogP contribution in [0.3, 0.4) is 0 Å². The SMILES string of the molecule is CS(=O)(=O)OCc1cnn(C(F)(F)F)c1. The van der Waals surface area contributed by atoms with E-state index in [9.17, 15) is 21.6 Å². The Hall–Kier alpha value is -1.09. The predicted molar refractivity (Wildman–Crippen MR) is 43.2 cm³/mol. The molecular formula is C6H7F3N2O3S. The zero-order chi connectivity index (χ0) is 11.7. The zero-order valence-electron chi connectivity index (χ0n) is 7.52. The molecule has 0 aliphatic heterocycles. The molecule has 86 valence electrons. The third kappa shape index (κ3) is 3.88. The van der Waals surface area contributed by atoms with E-state index in [-0.39, 0.29) is 10.2 Å². The molecule has 1 heterocycles. The van der Waals surface area contributed by atoms with Crippen LogP contribution in [0.25, 0.3) is 0 Å². The highest BCUT2D eigenvalue weighted by Crippen LogP contribution is 2.21. The quantitative estimate of drug-likeness (QED) is 0.739. The number of aromatic nitrogens is 2. The standard InChI is InChI=1S/C6H7F3N2O3S/c1-15(12,13)14-4-5-2-10-11(3-5)6(7,8)9/h2-3H,4H2,1H3. The van der Waals surface area contributed by atoms with E-state index in [4.69, 9.17) is 0 Å². The lowest BCUT2D eigenvalue weighted by atomic mass is 10.4. The molecule has 1 rings (SSSR count). The molecule has 0 bridgehead atoms. The summed E-state index contributed by atoms with van der Waals surface area (Å²) in [5.41, 5.74) is 0.0257. The molecule has 9 heteroatoms. The molecule has 5 nitrogen and oxygen atoms in total. The first-order valence-corrected chi connectivity index (χ1v) is 5.45. The van der Waals surface area contributed by atoms with Crippen molar-refractivity contribution in [1.29, 1.82) is 0 Å². The van der Waals surface area contributed by atoms with E-state index in [1.165, 1.54) is 0 Å². The van der Waals surface area contributed by atoms with Crippen molar-refractivity contribution in [1.82, 2.24) is 9.78 Å². The summed E-state index contributed by atoms with van der Waals surface area (Å²) < 4.78 is 61.2. The molecule has 0 fully saturated rings.